The van der Waals surface area contributed by atoms with Gasteiger partial charge in [0, 0.05) is 18.7 Å². The third-order valence-corrected chi connectivity index (χ3v) is 5.04. The molecule has 1 fully saturated rings. The first-order valence-corrected chi connectivity index (χ1v) is 10.0. The molecule has 2 aromatic rings. The number of benzene rings is 2. The number of nitrogens with one attached hydrogen (secondary N) is 2. The molecule has 2 N–H and O–H groups in total. The van der Waals surface area contributed by atoms with E-state index >= 15 is 0 Å². The number of carbonyl (C=O) groups is 2. The lowest BCUT2D eigenvalue weighted by molar-refractivity contribution is 0.0762. The number of carbonyl (C=O) groups excluding carboxylic acids is 2. The van der Waals surface area contributed by atoms with E-state index in [4.69, 9.17) is 12.2 Å². The lowest BCUT2D eigenvalue weighted by atomic mass is 10.1. The molecule has 0 saturated carbocycles. The van der Waals surface area contributed by atoms with E-state index in [1.807, 2.05) is 36.1 Å². The van der Waals surface area contributed by atoms with E-state index in [1.54, 1.807) is 24.3 Å². The van der Waals surface area contributed by atoms with E-state index in [1.165, 1.54) is 12.8 Å². The fraction of sp³-hybridized carbons (Fsp3) is 0.318. The fourth-order valence-electron chi connectivity index (χ4n) is 3.26. The maximum atomic E-state index is 13.0. The summed E-state index contributed by atoms with van der Waals surface area (Å²) in [5.74, 6) is -0.286. The van der Waals surface area contributed by atoms with Crippen molar-refractivity contribution in [2.45, 2.75) is 32.6 Å². The second-order valence-electron chi connectivity index (χ2n) is 7.03. The molecule has 2 amide bonds. The monoisotopic (exact) mass is 395 g/mol. The molecule has 0 aromatic heterocycles. The summed E-state index contributed by atoms with van der Waals surface area (Å²) in [5.41, 5.74) is 2.78. The van der Waals surface area contributed by atoms with Crippen LogP contribution in [0, 0.1) is 6.92 Å². The Labute approximate surface area is 171 Å². The van der Waals surface area contributed by atoms with E-state index in [9.17, 15) is 9.59 Å². The van der Waals surface area contributed by atoms with Crippen molar-refractivity contribution in [3.05, 3.63) is 65.2 Å². The zero-order chi connectivity index (χ0) is 19.9. The molecule has 146 valence electrons. The summed E-state index contributed by atoms with van der Waals surface area (Å²) in [6.45, 7) is 3.52. The number of hydrogen-bond donors (Lipinski definition) is 2. The lowest BCUT2D eigenvalue weighted by Gasteiger charge is -2.22. The Balaban J connectivity index is 1.68. The summed E-state index contributed by atoms with van der Waals surface area (Å²) in [6, 6.07) is 14.5. The molecule has 0 unspecified atom stereocenters. The summed E-state index contributed by atoms with van der Waals surface area (Å²) >= 11 is 5.29. The molecule has 1 saturated heterocycles. The predicted octanol–water partition coefficient (Wildman–Crippen LogP) is 4.14. The minimum absolute atomic E-state index is 0.00217. The van der Waals surface area contributed by atoms with Gasteiger partial charge in [-0.1, -0.05) is 42.7 Å². The number of likely N-dealkylation sites (tertiary alicyclic amines) is 1. The Morgan fingerprint density at radius 2 is 1.57 bits per heavy atom. The molecular formula is C22H25N3O2S. The van der Waals surface area contributed by atoms with Gasteiger partial charge in [0.15, 0.2) is 5.11 Å². The summed E-state index contributed by atoms with van der Waals surface area (Å²) in [6.07, 6.45) is 4.40. The summed E-state index contributed by atoms with van der Waals surface area (Å²) in [5, 5.41) is 5.85. The van der Waals surface area contributed by atoms with E-state index in [0.29, 0.717) is 16.8 Å². The van der Waals surface area contributed by atoms with Gasteiger partial charge in [0.05, 0.1) is 11.3 Å². The molecule has 0 radical (unpaired) electrons. The number of aryl methyl sites for hydroxylation is 1. The topological polar surface area (TPSA) is 61.4 Å². The van der Waals surface area contributed by atoms with Crippen LogP contribution in [0.15, 0.2) is 48.5 Å². The molecule has 5 nitrogen and oxygen atoms in total. The molecule has 1 aliphatic heterocycles. The lowest BCUT2D eigenvalue weighted by Crippen LogP contribution is -2.36. The Morgan fingerprint density at radius 3 is 2.25 bits per heavy atom. The normalized spacial score (nSPS) is 14.1. The molecule has 1 heterocycles. The van der Waals surface area contributed by atoms with Gasteiger partial charge in [-0.05, 0) is 56.2 Å². The minimum atomic E-state index is -0.283. The van der Waals surface area contributed by atoms with Crippen molar-refractivity contribution in [2.75, 3.05) is 18.4 Å². The van der Waals surface area contributed by atoms with Crippen molar-refractivity contribution in [3.8, 4) is 0 Å². The van der Waals surface area contributed by atoms with Crippen LogP contribution in [0.2, 0.25) is 0 Å². The molecule has 3 rings (SSSR count). The molecule has 6 heteroatoms. The third-order valence-electron chi connectivity index (χ3n) is 4.84. The van der Waals surface area contributed by atoms with Crippen LogP contribution < -0.4 is 10.6 Å². The van der Waals surface area contributed by atoms with E-state index < -0.39 is 0 Å². The first-order valence-electron chi connectivity index (χ1n) is 9.62. The van der Waals surface area contributed by atoms with E-state index in [0.717, 1.165) is 31.5 Å². The SMILES string of the molecule is Cc1ccc(C(=O)NC(=S)Nc2ccccc2C(=O)N2CCCCCC2)cc1. The van der Waals surface area contributed by atoms with Crippen LogP contribution in [0.5, 0.6) is 0 Å². The third kappa shape index (κ3) is 5.16. The van der Waals surface area contributed by atoms with Gasteiger partial charge in [-0.3, -0.25) is 14.9 Å². The quantitative estimate of drug-likeness (QED) is 0.767. The number of rotatable bonds is 3. The van der Waals surface area contributed by atoms with Crippen LogP contribution in [0.3, 0.4) is 0 Å². The van der Waals surface area contributed by atoms with Crippen molar-refractivity contribution in [3.63, 3.8) is 0 Å². The fourth-order valence-corrected chi connectivity index (χ4v) is 3.46. The van der Waals surface area contributed by atoms with Crippen LogP contribution in [0.25, 0.3) is 0 Å². The zero-order valence-corrected chi connectivity index (χ0v) is 16.8. The number of para-hydroxylation sites is 1. The van der Waals surface area contributed by atoms with Gasteiger partial charge in [-0.2, -0.15) is 0 Å². The molecular weight excluding hydrogens is 370 g/mol. The number of amides is 2. The van der Waals surface area contributed by atoms with Crippen LogP contribution in [-0.4, -0.2) is 34.9 Å². The average molecular weight is 396 g/mol. The summed E-state index contributed by atoms with van der Waals surface area (Å²) in [7, 11) is 0. The van der Waals surface area contributed by atoms with Crippen molar-refractivity contribution in [1.82, 2.24) is 10.2 Å². The Kier molecular flexibility index (Phi) is 6.76. The van der Waals surface area contributed by atoms with E-state index in [-0.39, 0.29) is 16.9 Å². The highest BCUT2D eigenvalue weighted by atomic mass is 32.1. The number of nitrogens with zero attached hydrogens (tertiary/aromatic N) is 1. The van der Waals surface area contributed by atoms with Gasteiger partial charge < -0.3 is 10.2 Å². The number of hydrogen-bond acceptors (Lipinski definition) is 3. The van der Waals surface area contributed by atoms with Gasteiger partial charge in [0.25, 0.3) is 11.8 Å². The van der Waals surface area contributed by atoms with Crippen molar-refractivity contribution < 1.29 is 9.59 Å². The second-order valence-corrected chi connectivity index (χ2v) is 7.43. The summed E-state index contributed by atoms with van der Waals surface area (Å²) in [4.78, 5) is 27.2. The average Bonchev–Trinajstić information content (AvgIpc) is 2.98. The smallest absolute Gasteiger partial charge is 0.257 e. The number of anilines is 1. The largest absolute Gasteiger partial charge is 0.339 e. The van der Waals surface area contributed by atoms with Gasteiger partial charge in [-0.15, -0.1) is 0 Å². The minimum Gasteiger partial charge on any atom is -0.339 e. The van der Waals surface area contributed by atoms with Crippen molar-refractivity contribution in [2.24, 2.45) is 0 Å². The highest BCUT2D eigenvalue weighted by Gasteiger charge is 2.20. The van der Waals surface area contributed by atoms with Gasteiger partial charge in [0.1, 0.15) is 0 Å². The van der Waals surface area contributed by atoms with Crippen LogP contribution in [0.1, 0.15) is 52.0 Å². The van der Waals surface area contributed by atoms with Gasteiger partial charge in [-0.25, -0.2) is 0 Å². The van der Waals surface area contributed by atoms with Gasteiger partial charge in [0.2, 0.25) is 0 Å². The number of thiocarbonyl (C=S) groups is 1. The zero-order valence-electron chi connectivity index (χ0n) is 16.0. The van der Waals surface area contributed by atoms with Crippen molar-refractivity contribution in [1.29, 1.82) is 0 Å². The first-order chi connectivity index (χ1) is 13.5. The molecule has 0 atom stereocenters. The van der Waals surface area contributed by atoms with Crippen LogP contribution in [0.4, 0.5) is 5.69 Å². The highest BCUT2D eigenvalue weighted by molar-refractivity contribution is 7.80. The molecule has 2 aromatic carbocycles. The predicted molar refractivity (Wildman–Crippen MR) is 116 cm³/mol. The van der Waals surface area contributed by atoms with Crippen molar-refractivity contribution >= 4 is 34.8 Å². The Morgan fingerprint density at radius 1 is 0.929 bits per heavy atom. The highest BCUT2D eigenvalue weighted by Crippen LogP contribution is 2.20. The standard InChI is InChI=1S/C22H25N3O2S/c1-16-10-12-17(13-11-16)20(26)24-22(28)23-19-9-5-4-8-18(19)21(27)25-14-6-2-3-7-15-25/h4-5,8-13H,2-3,6-7,14-15H2,1H3,(H2,23,24,26,28). The molecule has 1 aliphatic rings. The maximum Gasteiger partial charge on any atom is 0.257 e. The summed E-state index contributed by atoms with van der Waals surface area (Å²) < 4.78 is 0. The molecule has 0 bridgehead atoms. The van der Waals surface area contributed by atoms with Crippen LogP contribution in [-0.2, 0) is 0 Å². The Bertz CT molecular complexity index is 856. The van der Waals surface area contributed by atoms with Gasteiger partial charge >= 0.3 is 0 Å². The second kappa shape index (κ2) is 9.46. The Hall–Kier alpha value is -2.73. The molecule has 0 spiro atoms. The van der Waals surface area contributed by atoms with E-state index in [2.05, 4.69) is 10.6 Å². The van der Waals surface area contributed by atoms with Crippen LogP contribution >= 0.6 is 12.2 Å². The molecule has 28 heavy (non-hydrogen) atoms. The molecule has 0 aliphatic carbocycles. The maximum absolute atomic E-state index is 13.0. The first kappa shape index (κ1) is 20.0.